The van der Waals surface area contributed by atoms with E-state index in [2.05, 4.69) is 4.98 Å². The number of fused-ring (bicyclic) bond motifs is 1. The van der Waals surface area contributed by atoms with Crippen LogP contribution in [0.1, 0.15) is 22.8 Å². The fraction of sp³-hybridized carbons (Fsp3) is 0.167. The predicted molar refractivity (Wildman–Crippen MR) is 61.7 cm³/mol. The lowest BCUT2D eigenvalue weighted by atomic mass is 10.2. The molecule has 0 aliphatic heterocycles. The van der Waals surface area contributed by atoms with E-state index in [1.807, 2.05) is 6.07 Å². The molecule has 2 rings (SSSR count). The van der Waals surface area contributed by atoms with Crippen molar-refractivity contribution in [3.63, 3.8) is 0 Å². The van der Waals surface area contributed by atoms with Crippen LogP contribution in [0.5, 0.6) is 0 Å². The van der Waals surface area contributed by atoms with Gasteiger partial charge in [0.2, 0.25) is 0 Å². The Bertz CT molecular complexity index is 712. The standard InChI is InChI=1S/C12H10N4O2/c1-2-18-12(17)8-3-4-10-15-6-9(5-13)11(14)16(10)7-8/h3-4,6-7,14H,2H2,1H3. The highest BCUT2D eigenvalue weighted by Gasteiger charge is 2.08. The first-order chi connectivity index (χ1) is 8.67. The van der Waals surface area contributed by atoms with Gasteiger partial charge in [0.1, 0.15) is 22.8 Å². The molecule has 0 spiro atoms. The molecule has 0 atom stereocenters. The molecule has 2 aromatic rings. The zero-order valence-corrected chi connectivity index (χ0v) is 9.67. The summed E-state index contributed by atoms with van der Waals surface area (Å²) in [4.78, 5) is 15.6. The number of hydrogen-bond donors (Lipinski definition) is 1. The second-order valence-electron chi connectivity index (χ2n) is 3.50. The largest absolute Gasteiger partial charge is 0.462 e. The van der Waals surface area contributed by atoms with E-state index in [0.717, 1.165) is 0 Å². The molecule has 0 saturated heterocycles. The van der Waals surface area contributed by atoms with Crippen LogP contribution in [0.4, 0.5) is 0 Å². The van der Waals surface area contributed by atoms with Crippen molar-refractivity contribution in [3.8, 4) is 6.07 Å². The van der Waals surface area contributed by atoms with Gasteiger partial charge < -0.3 is 4.74 Å². The predicted octanol–water partition coefficient (Wildman–Crippen LogP) is 0.862. The summed E-state index contributed by atoms with van der Waals surface area (Å²) in [6.45, 7) is 2.00. The molecule has 6 heteroatoms. The van der Waals surface area contributed by atoms with Crippen LogP contribution in [0, 0.1) is 16.7 Å². The van der Waals surface area contributed by atoms with Gasteiger partial charge in [-0.1, -0.05) is 0 Å². The van der Waals surface area contributed by atoms with Crippen molar-refractivity contribution in [2.24, 2.45) is 0 Å². The van der Waals surface area contributed by atoms with Gasteiger partial charge in [-0.15, -0.1) is 0 Å². The van der Waals surface area contributed by atoms with E-state index in [-0.39, 0.29) is 17.7 Å². The average Bonchev–Trinajstić information content (AvgIpc) is 2.39. The number of rotatable bonds is 2. The number of carbonyl (C=O) groups is 1. The summed E-state index contributed by atoms with van der Waals surface area (Å²) in [5.74, 6) is -0.464. The molecule has 0 aliphatic rings. The van der Waals surface area contributed by atoms with Crippen molar-refractivity contribution in [2.75, 3.05) is 6.61 Å². The maximum absolute atomic E-state index is 11.6. The third-order valence-corrected chi connectivity index (χ3v) is 2.38. The lowest BCUT2D eigenvalue weighted by Crippen LogP contribution is -2.19. The minimum absolute atomic E-state index is 0.00588. The summed E-state index contributed by atoms with van der Waals surface area (Å²) in [7, 11) is 0. The fourth-order valence-electron chi connectivity index (χ4n) is 1.52. The molecule has 0 aliphatic carbocycles. The minimum Gasteiger partial charge on any atom is -0.462 e. The number of carbonyl (C=O) groups excluding carboxylic acids is 1. The summed E-state index contributed by atoms with van der Waals surface area (Å²) in [6.07, 6.45) is 2.78. The van der Waals surface area contributed by atoms with Gasteiger partial charge >= 0.3 is 5.97 Å². The van der Waals surface area contributed by atoms with Crippen LogP contribution in [0.25, 0.3) is 5.65 Å². The molecule has 0 aromatic carbocycles. The zero-order chi connectivity index (χ0) is 13.1. The maximum atomic E-state index is 11.6. The summed E-state index contributed by atoms with van der Waals surface area (Å²) in [5, 5.41) is 16.7. The van der Waals surface area contributed by atoms with Gasteiger partial charge in [-0.25, -0.2) is 9.78 Å². The van der Waals surface area contributed by atoms with Crippen LogP contribution in [-0.4, -0.2) is 22.0 Å². The SMILES string of the molecule is CCOC(=O)c1ccc2ncc(C#N)c(=N)n2c1. The number of aromatic nitrogens is 2. The molecular formula is C12H10N4O2. The van der Waals surface area contributed by atoms with Crippen LogP contribution < -0.4 is 5.49 Å². The second kappa shape index (κ2) is 4.67. The highest BCUT2D eigenvalue weighted by Crippen LogP contribution is 2.04. The fourth-order valence-corrected chi connectivity index (χ4v) is 1.52. The lowest BCUT2D eigenvalue weighted by Gasteiger charge is -2.05. The first-order valence-electron chi connectivity index (χ1n) is 5.30. The Labute approximate surface area is 103 Å². The van der Waals surface area contributed by atoms with Crippen molar-refractivity contribution >= 4 is 11.6 Å². The number of nitrogens with one attached hydrogen (secondary N) is 1. The van der Waals surface area contributed by atoms with Crippen LogP contribution in [0.15, 0.2) is 24.5 Å². The number of nitrogens with zero attached hydrogens (tertiary/aromatic N) is 3. The van der Waals surface area contributed by atoms with Crippen LogP contribution in [0.2, 0.25) is 0 Å². The Kier molecular flexibility index (Phi) is 3.06. The smallest absolute Gasteiger partial charge is 0.339 e. The highest BCUT2D eigenvalue weighted by atomic mass is 16.5. The molecule has 18 heavy (non-hydrogen) atoms. The molecule has 0 unspecified atom stereocenters. The average molecular weight is 242 g/mol. The molecule has 0 amide bonds. The maximum Gasteiger partial charge on any atom is 0.339 e. The van der Waals surface area contributed by atoms with Gasteiger partial charge in [0.25, 0.3) is 0 Å². The molecule has 6 nitrogen and oxygen atoms in total. The van der Waals surface area contributed by atoms with Crippen LogP contribution >= 0.6 is 0 Å². The molecule has 0 saturated carbocycles. The third-order valence-electron chi connectivity index (χ3n) is 2.38. The Balaban J connectivity index is 2.64. The topological polar surface area (TPSA) is 91.2 Å². The summed E-state index contributed by atoms with van der Waals surface area (Å²) < 4.78 is 6.25. The second-order valence-corrected chi connectivity index (χ2v) is 3.50. The first kappa shape index (κ1) is 11.8. The highest BCUT2D eigenvalue weighted by molar-refractivity contribution is 5.89. The normalized spacial score (nSPS) is 10.0. The van der Waals surface area contributed by atoms with Crippen molar-refractivity contribution in [1.82, 2.24) is 9.38 Å². The third kappa shape index (κ3) is 1.94. The molecule has 0 radical (unpaired) electrons. The van der Waals surface area contributed by atoms with Gasteiger partial charge in [0, 0.05) is 6.20 Å². The molecule has 2 aromatic heterocycles. The molecule has 0 bridgehead atoms. The van der Waals surface area contributed by atoms with Crippen molar-refractivity contribution in [2.45, 2.75) is 6.92 Å². The van der Waals surface area contributed by atoms with Crippen molar-refractivity contribution < 1.29 is 9.53 Å². The van der Waals surface area contributed by atoms with E-state index < -0.39 is 5.97 Å². The van der Waals surface area contributed by atoms with Crippen LogP contribution in [-0.2, 0) is 4.74 Å². The lowest BCUT2D eigenvalue weighted by molar-refractivity contribution is 0.0525. The first-order valence-corrected chi connectivity index (χ1v) is 5.30. The van der Waals surface area contributed by atoms with E-state index in [9.17, 15) is 4.79 Å². The number of hydrogen-bond acceptors (Lipinski definition) is 5. The summed E-state index contributed by atoms with van der Waals surface area (Å²) in [6, 6.07) is 5.05. The molecule has 2 heterocycles. The number of esters is 1. The summed E-state index contributed by atoms with van der Waals surface area (Å²) >= 11 is 0. The molecule has 1 N–H and O–H groups in total. The Morgan fingerprint density at radius 1 is 1.61 bits per heavy atom. The van der Waals surface area contributed by atoms with Gasteiger partial charge in [0.15, 0.2) is 0 Å². The van der Waals surface area contributed by atoms with Gasteiger partial charge in [0.05, 0.1) is 18.4 Å². The monoisotopic (exact) mass is 242 g/mol. The Morgan fingerprint density at radius 3 is 3.06 bits per heavy atom. The van der Waals surface area contributed by atoms with Gasteiger partial charge in [-0.3, -0.25) is 9.81 Å². The summed E-state index contributed by atoms with van der Waals surface area (Å²) in [5.41, 5.74) is 0.953. The van der Waals surface area contributed by atoms with Gasteiger partial charge in [-0.2, -0.15) is 5.26 Å². The van der Waals surface area contributed by atoms with Crippen molar-refractivity contribution in [3.05, 3.63) is 41.1 Å². The van der Waals surface area contributed by atoms with E-state index >= 15 is 0 Å². The number of nitriles is 1. The van der Waals surface area contributed by atoms with Crippen LogP contribution in [0.3, 0.4) is 0 Å². The molecule has 0 fully saturated rings. The number of pyridine rings is 1. The Hall–Kier alpha value is -2.68. The molecule has 90 valence electrons. The Morgan fingerprint density at radius 2 is 2.39 bits per heavy atom. The van der Waals surface area contributed by atoms with E-state index in [1.165, 1.54) is 16.8 Å². The molecular weight excluding hydrogens is 232 g/mol. The van der Waals surface area contributed by atoms with E-state index in [1.54, 1.807) is 19.1 Å². The quantitative estimate of drug-likeness (QED) is 0.790. The number of ether oxygens (including phenoxy) is 1. The van der Waals surface area contributed by atoms with E-state index in [4.69, 9.17) is 15.4 Å². The van der Waals surface area contributed by atoms with Gasteiger partial charge in [-0.05, 0) is 19.1 Å². The minimum atomic E-state index is -0.464. The zero-order valence-electron chi connectivity index (χ0n) is 9.67. The van der Waals surface area contributed by atoms with Crippen molar-refractivity contribution in [1.29, 1.82) is 10.7 Å². The van der Waals surface area contributed by atoms with E-state index in [0.29, 0.717) is 11.2 Å².